The number of nitrogens with zero attached hydrogens (tertiary/aromatic N) is 1. The summed E-state index contributed by atoms with van der Waals surface area (Å²) in [6, 6.07) is 8.94. The molecule has 1 unspecified atom stereocenters. The van der Waals surface area contributed by atoms with Crippen molar-refractivity contribution in [1.29, 1.82) is 0 Å². The molecule has 0 bridgehead atoms. The highest BCUT2D eigenvalue weighted by molar-refractivity contribution is 6.34. The van der Waals surface area contributed by atoms with Gasteiger partial charge in [0.25, 0.3) is 5.91 Å². The van der Waals surface area contributed by atoms with Crippen LogP contribution < -0.4 is 15.4 Å². The van der Waals surface area contributed by atoms with E-state index in [1.807, 2.05) is 0 Å². The quantitative estimate of drug-likeness (QED) is 0.715. The van der Waals surface area contributed by atoms with Crippen LogP contribution in [0.25, 0.3) is 0 Å². The molecule has 1 aliphatic heterocycles. The number of nitrogens with one attached hydrogen (secondary N) is 2. The van der Waals surface area contributed by atoms with Crippen LogP contribution >= 0.6 is 23.2 Å². The average Bonchev–Trinajstić information content (AvgIpc) is 3.19. The molecule has 1 heterocycles. The summed E-state index contributed by atoms with van der Waals surface area (Å²) in [6.07, 6.45) is 1.23. The molecule has 2 aromatic carbocycles. The van der Waals surface area contributed by atoms with E-state index in [0.29, 0.717) is 47.1 Å². The van der Waals surface area contributed by atoms with Crippen molar-refractivity contribution in [2.24, 2.45) is 0 Å². The summed E-state index contributed by atoms with van der Waals surface area (Å²) in [5, 5.41) is 6.09. The Morgan fingerprint density at radius 3 is 2.53 bits per heavy atom. The number of rotatable bonds is 5. The number of carbonyl (C=O) groups is 3. The van der Waals surface area contributed by atoms with Crippen LogP contribution in [0, 0.1) is 0 Å². The Morgan fingerprint density at radius 1 is 1.10 bits per heavy atom. The predicted octanol–water partition coefficient (Wildman–Crippen LogP) is 4.20. The molecule has 1 saturated heterocycles. The van der Waals surface area contributed by atoms with E-state index in [1.165, 1.54) is 25.0 Å². The highest BCUT2D eigenvalue weighted by Crippen LogP contribution is 2.30. The SMILES string of the molecule is COc1ccc(Cl)cc1C(=O)N1CCCC1C(=O)Nc1ccc(NC(C)=O)cc1Cl. The summed E-state index contributed by atoms with van der Waals surface area (Å²) in [6.45, 7) is 1.84. The molecule has 3 rings (SSSR count). The first-order valence-electron chi connectivity index (χ1n) is 9.32. The Kier molecular flexibility index (Phi) is 6.84. The van der Waals surface area contributed by atoms with Crippen LogP contribution in [0.15, 0.2) is 36.4 Å². The third-order valence-electron chi connectivity index (χ3n) is 4.76. The van der Waals surface area contributed by atoms with E-state index in [4.69, 9.17) is 27.9 Å². The third-order valence-corrected chi connectivity index (χ3v) is 5.30. The maximum atomic E-state index is 13.1. The van der Waals surface area contributed by atoms with Gasteiger partial charge >= 0.3 is 0 Å². The summed E-state index contributed by atoms with van der Waals surface area (Å²) >= 11 is 12.3. The van der Waals surface area contributed by atoms with Crippen LogP contribution in [-0.4, -0.2) is 42.3 Å². The number of hydrogen-bond donors (Lipinski definition) is 2. The van der Waals surface area contributed by atoms with Crippen molar-refractivity contribution in [2.75, 3.05) is 24.3 Å². The second-order valence-corrected chi connectivity index (χ2v) is 7.71. The van der Waals surface area contributed by atoms with Gasteiger partial charge in [-0.15, -0.1) is 0 Å². The summed E-state index contributed by atoms with van der Waals surface area (Å²) in [5.74, 6) is -0.485. The first-order valence-corrected chi connectivity index (χ1v) is 10.1. The number of likely N-dealkylation sites (tertiary alicyclic amines) is 1. The fraction of sp³-hybridized carbons (Fsp3) is 0.286. The fourth-order valence-corrected chi connectivity index (χ4v) is 3.80. The largest absolute Gasteiger partial charge is 0.496 e. The van der Waals surface area contributed by atoms with E-state index >= 15 is 0 Å². The van der Waals surface area contributed by atoms with Crippen molar-refractivity contribution in [3.63, 3.8) is 0 Å². The predicted molar refractivity (Wildman–Crippen MR) is 116 cm³/mol. The van der Waals surface area contributed by atoms with E-state index < -0.39 is 6.04 Å². The number of anilines is 2. The van der Waals surface area contributed by atoms with Gasteiger partial charge < -0.3 is 20.3 Å². The number of benzene rings is 2. The number of carbonyl (C=O) groups excluding carboxylic acids is 3. The van der Waals surface area contributed by atoms with Crippen LogP contribution in [0.3, 0.4) is 0 Å². The van der Waals surface area contributed by atoms with Gasteiger partial charge in [0.15, 0.2) is 0 Å². The minimum absolute atomic E-state index is 0.223. The van der Waals surface area contributed by atoms with Crippen LogP contribution in [0.4, 0.5) is 11.4 Å². The van der Waals surface area contributed by atoms with Crippen molar-refractivity contribution < 1.29 is 19.1 Å². The lowest BCUT2D eigenvalue weighted by Crippen LogP contribution is -2.43. The standard InChI is InChI=1S/C21H21Cl2N3O4/c1-12(27)24-14-6-7-17(16(23)11-14)25-20(28)18-4-3-9-26(18)21(29)15-10-13(22)5-8-19(15)30-2/h5-8,10-11,18H,3-4,9H2,1-2H3,(H,24,27)(H,25,28). The molecule has 0 saturated carbocycles. The third kappa shape index (κ3) is 4.86. The molecular formula is C21H21Cl2N3O4. The number of methoxy groups -OCH3 is 1. The topological polar surface area (TPSA) is 87.7 Å². The molecule has 0 aromatic heterocycles. The maximum Gasteiger partial charge on any atom is 0.258 e. The van der Waals surface area contributed by atoms with Crippen molar-refractivity contribution >= 4 is 52.3 Å². The molecule has 9 heteroatoms. The molecule has 1 aliphatic rings. The summed E-state index contributed by atoms with van der Waals surface area (Å²) in [5.41, 5.74) is 1.23. The lowest BCUT2D eigenvalue weighted by molar-refractivity contribution is -0.119. The van der Waals surface area contributed by atoms with E-state index in [2.05, 4.69) is 10.6 Å². The molecule has 1 fully saturated rings. The van der Waals surface area contributed by atoms with Gasteiger partial charge in [-0.3, -0.25) is 14.4 Å². The zero-order valence-electron chi connectivity index (χ0n) is 16.5. The summed E-state index contributed by atoms with van der Waals surface area (Å²) < 4.78 is 5.27. The molecule has 158 valence electrons. The second kappa shape index (κ2) is 9.36. The normalized spacial score (nSPS) is 15.6. The number of halogens is 2. The van der Waals surface area contributed by atoms with Gasteiger partial charge in [-0.05, 0) is 49.2 Å². The Bertz CT molecular complexity index is 996. The van der Waals surface area contributed by atoms with Gasteiger partial charge in [0.1, 0.15) is 11.8 Å². The van der Waals surface area contributed by atoms with Crippen LogP contribution in [0.2, 0.25) is 10.0 Å². The Hall–Kier alpha value is -2.77. The minimum atomic E-state index is -0.646. The van der Waals surface area contributed by atoms with Crippen molar-refractivity contribution in [3.05, 3.63) is 52.0 Å². The number of ether oxygens (including phenoxy) is 1. The zero-order chi connectivity index (χ0) is 21.8. The molecule has 7 nitrogen and oxygen atoms in total. The van der Waals surface area contributed by atoms with Gasteiger partial charge in [-0.25, -0.2) is 0 Å². The molecule has 0 radical (unpaired) electrons. The summed E-state index contributed by atoms with van der Waals surface area (Å²) in [7, 11) is 1.47. The van der Waals surface area contributed by atoms with Gasteiger partial charge in [-0.2, -0.15) is 0 Å². The summed E-state index contributed by atoms with van der Waals surface area (Å²) in [4.78, 5) is 38.7. The second-order valence-electron chi connectivity index (χ2n) is 6.87. The zero-order valence-corrected chi connectivity index (χ0v) is 18.0. The van der Waals surface area contributed by atoms with E-state index in [1.54, 1.807) is 30.3 Å². The molecule has 0 spiro atoms. The van der Waals surface area contributed by atoms with Crippen molar-refractivity contribution in [2.45, 2.75) is 25.8 Å². The molecule has 2 aromatic rings. The number of hydrogen-bond acceptors (Lipinski definition) is 4. The van der Waals surface area contributed by atoms with Gasteiger partial charge in [0, 0.05) is 24.2 Å². The molecule has 0 aliphatic carbocycles. The van der Waals surface area contributed by atoms with Gasteiger partial charge in [0.2, 0.25) is 11.8 Å². The lowest BCUT2D eigenvalue weighted by atomic mass is 10.1. The van der Waals surface area contributed by atoms with E-state index in [-0.39, 0.29) is 22.7 Å². The fourth-order valence-electron chi connectivity index (χ4n) is 3.40. The molecule has 2 N–H and O–H groups in total. The molecule has 1 atom stereocenters. The smallest absolute Gasteiger partial charge is 0.258 e. The Labute approximate surface area is 184 Å². The first-order chi connectivity index (χ1) is 14.3. The lowest BCUT2D eigenvalue weighted by Gasteiger charge is -2.25. The van der Waals surface area contributed by atoms with E-state index in [0.717, 1.165) is 0 Å². The Balaban J connectivity index is 1.77. The number of amides is 3. The molecule has 30 heavy (non-hydrogen) atoms. The monoisotopic (exact) mass is 449 g/mol. The van der Waals surface area contributed by atoms with Gasteiger partial charge in [-0.1, -0.05) is 23.2 Å². The highest BCUT2D eigenvalue weighted by atomic mass is 35.5. The molecule has 3 amide bonds. The van der Waals surface area contributed by atoms with Crippen LogP contribution in [0.5, 0.6) is 5.75 Å². The van der Waals surface area contributed by atoms with Gasteiger partial charge in [0.05, 0.1) is 23.4 Å². The van der Waals surface area contributed by atoms with E-state index in [9.17, 15) is 14.4 Å². The maximum absolute atomic E-state index is 13.1. The highest BCUT2D eigenvalue weighted by Gasteiger charge is 2.35. The average molecular weight is 450 g/mol. The first kappa shape index (κ1) is 21.9. The van der Waals surface area contributed by atoms with Crippen LogP contribution in [0.1, 0.15) is 30.1 Å². The van der Waals surface area contributed by atoms with Crippen molar-refractivity contribution in [3.8, 4) is 5.75 Å². The molecular weight excluding hydrogens is 429 g/mol. The minimum Gasteiger partial charge on any atom is -0.496 e. The van der Waals surface area contributed by atoms with Crippen molar-refractivity contribution in [1.82, 2.24) is 4.90 Å². The van der Waals surface area contributed by atoms with Crippen LogP contribution in [-0.2, 0) is 9.59 Å². The Morgan fingerprint density at radius 2 is 1.87 bits per heavy atom.